The third-order valence-electron chi connectivity index (χ3n) is 3.13. The molecule has 1 aliphatic heterocycles. The van der Waals surface area contributed by atoms with Gasteiger partial charge in [0.1, 0.15) is 5.76 Å². The van der Waals surface area contributed by atoms with Gasteiger partial charge in [0.2, 0.25) is 0 Å². The summed E-state index contributed by atoms with van der Waals surface area (Å²) < 4.78 is 16.1. The Hall–Kier alpha value is -0.910. The zero-order valence-electron chi connectivity index (χ0n) is 11.0. The van der Waals surface area contributed by atoms with Gasteiger partial charge in [-0.1, -0.05) is 0 Å². The zero-order chi connectivity index (χ0) is 12.6. The fourth-order valence-corrected chi connectivity index (χ4v) is 2.05. The van der Waals surface area contributed by atoms with E-state index >= 15 is 0 Å². The second-order valence-electron chi connectivity index (χ2n) is 4.56. The highest BCUT2D eigenvalue weighted by Crippen LogP contribution is 2.25. The van der Waals surface area contributed by atoms with Crippen LogP contribution in [0.15, 0.2) is 10.6 Å². The summed E-state index contributed by atoms with van der Waals surface area (Å²) in [6, 6.07) is 0. The first kappa shape index (κ1) is 13.5. The second-order valence-corrected chi connectivity index (χ2v) is 4.56. The van der Waals surface area contributed by atoms with E-state index in [1.807, 2.05) is 6.20 Å². The van der Waals surface area contributed by atoms with Crippen molar-refractivity contribution in [3.63, 3.8) is 0 Å². The monoisotopic (exact) mass is 254 g/mol. The van der Waals surface area contributed by atoms with E-state index < -0.39 is 0 Å². The number of methoxy groups -OCH3 is 1. The summed E-state index contributed by atoms with van der Waals surface area (Å²) >= 11 is 0. The number of ether oxygens (including phenoxy) is 2. The fourth-order valence-electron chi connectivity index (χ4n) is 2.05. The molecule has 1 unspecified atom stereocenters. The molecule has 2 heterocycles. The van der Waals surface area contributed by atoms with Crippen molar-refractivity contribution in [2.24, 2.45) is 0 Å². The molecule has 1 N–H and O–H groups in total. The molecule has 102 valence electrons. The molecule has 0 aromatic carbocycles. The van der Waals surface area contributed by atoms with Crippen LogP contribution in [0.1, 0.15) is 30.4 Å². The third-order valence-corrected chi connectivity index (χ3v) is 3.13. The summed E-state index contributed by atoms with van der Waals surface area (Å²) in [6.45, 7) is 4.22. The number of aryl methyl sites for hydroxylation is 1. The molecule has 1 aromatic heterocycles. The number of hydrogen-bond acceptors (Lipinski definition) is 5. The Kier molecular flexibility index (Phi) is 5.64. The lowest BCUT2D eigenvalue weighted by molar-refractivity contribution is 0.191. The molecular weight excluding hydrogens is 232 g/mol. The Labute approximate surface area is 108 Å². The maximum absolute atomic E-state index is 5.75. The number of oxazole rings is 1. The van der Waals surface area contributed by atoms with Crippen molar-refractivity contribution < 1.29 is 13.9 Å². The minimum absolute atomic E-state index is 0.408. The van der Waals surface area contributed by atoms with Crippen molar-refractivity contribution in [2.75, 3.05) is 40.0 Å². The molecule has 18 heavy (non-hydrogen) atoms. The maximum atomic E-state index is 5.75. The zero-order valence-corrected chi connectivity index (χ0v) is 11.0. The smallest absolute Gasteiger partial charge is 0.194 e. The first-order valence-electron chi connectivity index (χ1n) is 6.62. The van der Waals surface area contributed by atoms with Crippen molar-refractivity contribution in [3.8, 4) is 0 Å². The molecule has 0 radical (unpaired) electrons. The van der Waals surface area contributed by atoms with Gasteiger partial charge < -0.3 is 19.2 Å². The van der Waals surface area contributed by atoms with Gasteiger partial charge in [-0.3, -0.25) is 0 Å². The van der Waals surface area contributed by atoms with Crippen molar-refractivity contribution in [3.05, 3.63) is 17.8 Å². The Balaban J connectivity index is 1.64. The molecule has 0 saturated carbocycles. The van der Waals surface area contributed by atoms with E-state index in [2.05, 4.69) is 10.3 Å². The molecule has 1 aliphatic rings. The number of nitrogens with one attached hydrogen (secondary N) is 1. The molecule has 1 atom stereocenters. The SMILES string of the molecule is COCCNCCCc1ncc(C2CCOC2)o1. The number of aromatic nitrogens is 1. The van der Waals surface area contributed by atoms with Gasteiger partial charge in [0.05, 0.1) is 19.4 Å². The van der Waals surface area contributed by atoms with Crippen LogP contribution in [-0.2, 0) is 15.9 Å². The van der Waals surface area contributed by atoms with E-state index in [1.165, 1.54) is 0 Å². The maximum Gasteiger partial charge on any atom is 0.194 e. The lowest BCUT2D eigenvalue weighted by atomic mass is 10.1. The van der Waals surface area contributed by atoms with Gasteiger partial charge >= 0.3 is 0 Å². The summed E-state index contributed by atoms with van der Waals surface area (Å²) in [5.41, 5.74) is 0. The average Bonchev–Trinajstić information content (AvgIpc) is 3.03. The standard InChI is InChI=1S/C13H22N2O3/c1-16-8-6-14-5-2-3-13-15-9-12(18-13)11-4-7-17-10-11/h9,11,14H,2-8,10H2,1H3. The summed E-state index contributed by atoms with van der Waals surface area (Å²) in [6.07, 6.45) is 4.82. The minimum atomic E-state index is 0.408. The van der Waals surface area contributed by atoms with Crippen LogP contribution in [0.4, 0.5) is 0 Å². The Bertz CT molecular complexity index is 335. The van der Waals surface area contributed by atoms with E-state index in [0.717, 1.165) is 63.8 Å². The van der Waals surface area contributed by atoms with E-state index in [4.69, 9.17) is 13.9 Å². The molecule has 0 amide bonds. The summed E-state index contributed by atoms with van der Waals surface area (Å²) in [4.78, 5) is 4.32. The predicted octanol–water partition coefficient (Wildman–Crippen LogP) is 1.35. The van der Waals surface area contributed by atoms with E-state index in [-0.39, 0.29) is 0 Å². The van der Waals surface area contributed by atoms with Gasteiger partial charge in [0.15, 0.2) is 5.89 Å². The molecule has 0 bridgehead atoms. The van der Waals surface area contributed by atoms with Crippen LogP contribution in [0.5, 0.6) is 0 Å². The average molecular weight is 254 g/mol. The second kappa shape index (κ2) is 7.51. The van der Waals surface area contributed by atoms with Crippen LogP contribution in [0.3, 0.4) is 0 Å². The van der Waals surface area contributed by atoms with Crippen LogP contribution < -0.4 is 5.32 Å². The van der Waals surface area contributed by atoms with Crippen LogP contribution in [0.2, 0.25) is 0 Å². The molecule has 1 aromatic rings. The molecule has 0 aliphatic carbocycles. The van der Waals surface area contributed by atoms with Gasteiger partial charge in [-0.2, -0.15) is 0 Å². The summed E-state index contributed by atoms with van der Waals surface area (Å²) in [5, 5.41) is 3.30. The first-order chi connectivity index (χ1) is 8.90. The number of hydrogen-bond donors (Lipinski definition) is 1. The van der Waals surface area contributed by atoms with Crippen LogP contribution in [0, 0.1) is 0 Å². The number of rotatable bonds is 8. The van der Waals surface area contributed by atoms with Gasteiger partial charge in [0, 0.05) is 32.6 Å². The van der Waals surface area contributed by atoms with Crippen LogP contribution in [0.25, 0.3) is 0 Å². The Morgan fingerprint density at radius 2 is 2.44 bits per heavy atom. The quantitative estimate of drug-likeness (QED) is 0.710. The normalized spacial score (nSPS) is 19.5. The van der Waals surface area contributed by atoms with Gasteiger partial charge in [0.25, 0.3) is 0 Å². The van der Waals surface area contributed by atoms with Crippen molar-refractivity contribution >= 4 is 0 Å². The Morgan fingerprint density at radius 1 is 1.50 bits per heavy atom. The first-order valence-corrected chi connectivity index (χ1v) is 6.62. The topological polar surface area (TPSA) is 56.5 Å². The molecule has 2 rings (SSSR count). The highest BCUT2D eigenvalue weighted by molar-refractivity contribution is 5.03. The van der Waals surface area contributed by atoms with Gasteiger partial charge in [-0.25, -0.2) is 4.98 Å². The van der Waals surface area contributed by atoms with E-state index in [0.29, 0.717) is 5.92 Å². The van der Waals surface area contributed by atoms with Gasteiger partial charge in [-0.05, 0) is 19.4 Å². The highest BCUT2D eigenvalue weighted by atomic mass is 16.5. The minimum Gasteiger partial charge on any atom is -0.445 e. The van der Waals surface area contributed by atoms with Gasteiger partial charge in [-0.15, -0.1) is 0 Å². The molecule has 5 nitrogen and oxygen atoms in total. The van der Waals surface area contributed by atoms with Crippen molar-refractivity contribution in [1.82, 2.24) is 10.3 Å². The predicted molar refractivity (Wildman–Crippen MR) is 67.7 cm³/mol. The van der Waals surface area contributed by atoms with Crippen LogP contribution >= 0.6 is 0 Å². The third kappa shape index (κ3) is 4.08. The van der Waals surface area contributed by atoms with Crippen molar-refractivity contribution in [1.29, 1.82) is 0 Å². The Morgan fingerprint density at radius 3 is 3.22 bits per heavy atom. The summed E-state index contributed by atoms with van der Waals surface area (Å²) in [5.74, 6) is 2.23. The van der Waals surface area contributed by atoms with E-state index in [9.17, 15) is 0 Å². The number of nitrogens with zero attached hydrogens (tertiary/aromatic N) is 1. The molecule has 5 heteroatoms. The van der Waals surface area contributed by atoms with Crippen molar-refractivity contribution in [2.45, 2.75) is 25.2 Å². The lowest BCUT2D eigenvalue weighted by Crippen LogP contribution is -2.20. The van der Waals surface area contributed by atoms with Crippen LogP contribution in [-0.4, -0.2) is 45.0 Å². The lowest BCUT2D eigenvalue weighted by Gasteiger charge is -2.03. The molecule has 0 spiro atoms. The van der Waals surface area contributed by atoms with E-state index in [1.54, 1.807) is 7.11 Å². The summed E-state index contributed by atoms with van der Waals surface area (Å²) in [7, 11) is 1.71. The molecular formula is C13H22N2O3. The molecule has 1 fully saturated rings. The molecule has 1 saturated heterocycles. The highest BCUT2D eigenvalue weighted by Gasteiger charge is 2.21. The fraction of sp³-hybridized carbons (Fsp3) is 0.769. The largest absolute Gasteiger partial charge is 0.445 e.